The summed E-state index contributed by atoms with van der Waals surface area (Å²) < 4.78 is 0. The minimum Gasteiger partial charge on any atom is -0.478 e. The van der Waals surface area contributed by atoms with Gasteiger partial charge in [-0.25, -0.2) is 4.79 Å². The Kier molecular flexibility index (Phi) is 5.90. The number of hydrogen-bond donors (Lipinski definition) is 3. The van der Waals surface area contributed by atoms with E-state index in [1.54, 1.807) is 18.2 Å². The van der Waals surface area contributed by atoms with Gasteiger partial charge in [0.15, 0.2) is 0 Å². The number of rotatable bonds is 7. The summed E-state index contributed by atoms with van der Waals surface area (Å²) >= 11 is 0. The monoisotopic (exact) mass is 495 g/mol. The summed E-state index contributed by atoms with van der Waals surface area (Å²) in [6, 6.07) is 22.5. The molecule has 3 aromatic carbocycles. The summed E-state index contributed by atoms with van der Waals surface area (Å²) in [5, 5.41) is 16.4. The fourth-order valence-electron chi connectivity index (χ4n) is 7.34. The summed E-state index contributed by atoms with van der Waals surface area (Å²) in [7, 11) is 1.86. The summed E-state index contributed by atoms with van der Waals surface area (Å²) in [4.78, 5) is 26.7. The number of anilines is 4. The first kappa shape index (κ1) is 23.6. The Bertz CT molecular complexity index is 1300. The molecule has 4 saturated carbocycles. The Morgan fingerprint density at radius 1 is 0.838 bits per heavy atom. The van der Waals surface area contributed by atoms with Crippen molar-refractivity contribution in [2.75, 3.05) is 17.3 Å². The van der Waals surface area contributed by atoms with E-state index in [4.69, 9.17) is 0 Å². The van der Waals surface area contributed by atoms with Gasteiger partial charge in [-0.3, -0.25) is 4.79 Å². The van der Waals surface area contributed by atoms with Gasteiger partial charge in [0.2, 0.25) is 0 Å². The number of amides is 1. The summed E-state index contributed by atoms with van der Waals surface area (Å²) in [6.45, 7) is 0. The second-order valence-electron chi connectivity index (χ2n) is 11.3. The standard InChI is InChI=1S/C31H33N3O3/c1-34(28-8-3-2-7-27(28)30(36)37)26-11-9-24(10-12-26)32-25-6-4-5-23(16-25)29(35)33-31-17-20-13-21(18-31)15-22(14-20)19-31/h2-12,16,20-22,32H,13-15,17-19H2,1H3,(H,33,35)(H,36,37). The van der Waals surface area contributed by atoms with E-state index in [0.29, 0.717) is 11.3 Å². The van der Waals surface area contributed by atoms with Gasteiger partial charge in [-0.05, 0) is 111 Å². The number of aromatic carboxylic acids is 1. The van der Waals surface area contributed by atoms with Crippen molar-refractivity contribution in [2.24, 2.45) is 17.8 Å². The Morgan fingerprint density at radius 2 is 1.49 bits per heavy atom. The van der Waals surface area contributed by atoms with Crippen LogP contribution in [-0.4, -0.2) is 29.6 Å². The van der Waals surface area contributed by atoms with Gasteiger partial charge in [0.1, 0.15) is 0 Å². The fourth-order valence-corrected chi connectivity index (χ4v) is 7.34. The number of benzene rings is 3. The van der Waals surface area contributed by atoms with Gasteiger partial charge in [0.05, 0.1) is 11.3 Å². The minimum atomic E-state index is -0.951. The lowest BCUT2D eigenvalue weighted by atomic mass is 9.53. The molecule has 4 fully saturated rings. The average molecular weight is 496 g/mol. The largest absolute Gasteiger partial charge is 0.478 e. The van der Waals surface area contributed by atoms with Crippen LogP contribution in [-0.2, 0) is 0 Å². The van der Waals surface area contributed by atoms with Crippen LogP contribution in [0.4, 0.5) is 22.7 Å². The predicted octanol–water partition coefficient (Wildman–Crippen LogP) is 6.59. The molecular weight excluding hydrogens is 462 g/mol. The third-order valence-corrected chi connectivity index (χ3v) is 8.58. The molecule has 0 radical (unpaired) electrons. The maximum absolute atomic E-state index is 13.3. The maximum atomic E-state index is 13.3. The molecular formula is C31H33N3O3. The van der Waals surface area contributed by atoms with Crippen molar-refractivity contribution in [3.8, 4) is 0 Å². The van der Waals surface area contributed by atoms with E-state index in [9.17, 15) is 14.7 Å². The van der Waals surface area contributed by atoms with Crippen molar-refractivity contribution < 1.29 is 14.7 Å². The van der Waals surface area contributed by atoms with Crippen LogP contribution in [0.1, 0.15) is 59.2 Å². The molecule has 0 spiro atoms. The molecule has 6 nitrogen and oxygen atoms in total. The number of carbonyl (C=O) groups excluding carboxylic acids is 1. The molecule has 37 heavy (non-hydrogen) atoms. The number of hydrogen-bond acceptors (Lipinski definition) is 4. The van der Waals surface area contributed by atoms with Crippen LogP contribution in [0.25, 0.3) is 0 Å². The minimum absolute atomic E-state index is 0.00359. The summed E-state index contributed by atoms with van der Waals surface area (Å²) in [6.07, 6.45) is 7.49. The van der Waals surface area contributed by atoms with Crippen LogP contribution in [0.2, 0.25) is 0 Å². The molecule has 0 heterocycles. The molecule has 4 aliphatic carbocycles. The Hall–Kier alpha value is -3.80. The van der Waals surface area contributed by atoms with Crippen molar-refractivity contribution in [1.29, 1.82) is 0 Å². The molecule has 0 aliphatic heterocycles. The van der Waals surface area contributed by atoms with Crippen LogP contribution in [0.15, 0.2) is 72.8 Å². The lowest BCUT2D eigenvalue weighted by molar-refractivity contribution is -0.0167. The number of carboxylic acids is 1. The number of carboxylic acid groups (broad SMARTS) is 1. The fraction of sp³-hybridized carbons (Fsp3) is 0.355. The first-order valence-electron chi connectivity index (χ1n) is 13.2. The molecule has 1 amide bonds. The second kappa shape index (κ2) is 9.25. The third kappa shape index (κ3) is 4.68. The molecule has 0 atom stereocenters. The highest BCUT2D eigenvalue weighted by Crippen LogP contribution is 2.55. The van der Waals surface area contributed by atoms with E-state index in [-0.39, 0.29) is 17.0 Å². The van der Waals surface area contributed by atoms with Crippen LogP contribution >= 0.6 is 0 Å². The van der Waals surface area contributed by atoms with Gasteiger partial charge in [-0.1, -0.05) is 18.2 Å². The van der Waals surface area contributed by atoms with E-state index in [0.717, 1.165) is 54.1 Å². The number of para-hydroxylation sites is 1. The van der Waals surface area contributed by atoms with Gasteiger partial charge in [0.25, 0.3) is 5.91 Å². The van der Waals surface area contributed by atoms with E-state index >= 15 is 0 Å². The molecule has 0 unspecified atom stereocenters. The number of nitrogens with one attached hydrogen (secondary N) is 2. The predicted molar refractivity (Wildman–Crippen MR) is 146 cm³/mol. The molecule has 3 aromatic rings. The second-order valence-corrected chi connectivity index (χ2v) is 11.3. The van der Waals surface area contributed by atoms with Crippen LogP contribution in [0, 0.1) is 17.8 Å². The third-order valence-electron chi connectivity index (χ3n) is 8.58. The summed E-state index contributed by atoms with van der Waals surface area (Å²) in [5.74, 6) is 1.45. The van der Waals surface area contributed by atoms with Crippen molar-refractivity contribution >= 4 is 34.6 Å². The number of carbonyl (C=O) groups is 2. The molecule has 0 aromatic heterocycles. The number of nitrogens with zero attached hydrogens (tertiary/aromatic N) is 1. The summed E-state index contributed by atoms with van der Waals surface area (Å²) in [5.41, 5.74) is 4.20. The topological polar surface area (TPSA) is 81.7 Å². The Balaban J connectivity index is 1.14. The van der Waals surface area contributed by atoms with Gasteiger partial charge in [-0.2, -0.15) is 0 Å². The van der Waals surface area contributed by atoms with Crippen molar-refractivity contribution in [3.05, 3.63) is 83.9 Å². The molecule has 6 heteroatoms. The zero-order chi connectivity index (χ0) is 25.6. The molecule has 190 valence electrons. The van der Waals surface area contributed by atoms with E-state index in [2.05, 4.69) is 10.6 Å². The zero-order valence-electron chi connectivity index (χ0n) is 21.1. The maximum Gasteiger partial charge on any atom is 0.337 e. The van der Waals surface area contributed by atoms with Crippen LogP contribution < -0.4 is 15.5 Å². The normalized spacial score (nSPS) is 25.5. The van der Waals surface area contributed by atoms with Crippen molar-refractivity contribution in [1.82, 2.24) is 5.32 Å². The van der Waals surface area contributed by atoms with Gasteiger partial charge in [0, 0.05) is 35.2 Å². The highest BCUT2D eigenvalue weighted by atomic mass is 16.4. The lowest BCUT2D eigenvalue weighted by Crippen LogP contribution is -2.59. The molecule has 4 bridgehead atoms. The van der Waals surface area contributed by atoms with E-state index in [1.807, 2.05) is 66.5 Å². The molecule has 3 N–H and O–H groups in total. The van der Waals surface area contributed by atoms with Crippen LogP contribution in [0.5, 0.6) is 0 Å². The Morgan fingerprint density at radius 3 is 2.14 bits per heavy atom. The highest BCUT2D eigenvalue weighted by molar-refractivity contribution is 5.96. The first-order chi connectivity index (χ1) is 17.9. The van der Waals surface area contributed by atoms with E-state index < -0.39 is 5.97 Å². The first-order valence-corrected chi connectivity index (χ1v) is 13.2. The SMILES string of the molecule is CN(c1ccc(Nc2cccc(C(=O)NC34CC5CC(CC(C5)C3)C4)c2)cc1)c1ccccc1C(=O)O. The smallest absolute Gasteiger partial charge is 0.337 e. The lowest BCUT2D eigenvalue weighted by Gasteiger charge is -2.56. The molecule has 4 aliphatic rings. The highest BCUT2D eigenvalue weighted by Gasteiger charge is 2.51. The van der Waals surface area contributed by atoms with Gasteiger partial charge < -0.3 is 20.6 Å². The van der Waals surface area contributed by atoms with Gasteiger partial charge >= 0.3 is 5.97 Å². The van der Waals surface area contributed by atoms with Crippen molar-refractivity contribution in [3.63, 3.8) is 0 Å². The zero-order valence-corrected chi connectivity index (χ0v) is 21.1. The van der Waals surface area contributed by atoms with Crippen molar-refractivity contribution in [2.45, 2.75) is 44.1 Å². The molecule has 7 rings (SSSR count). The molecule has 0 saturated heterocycles. The van der Waals surface area contributed by atoms with E-state index in [1.165, 1.54) is 19.3 Å². The quantitative estimate of drug-likeness (QED) is 0.344. The average Bonchev–Trinajstić information content (AvgIpc) is 2.88. The Labute approximate surface area is 217 Å². The van der Waals surface area contributed by atoms with Crippen LogP contribution in [0.3, 0.4) is 0 Å². The van der Waals surface area contributed by atoms with Gasteiger partial charge in [-0.15, -0.1) is 0 Å².